The molecule has 1 fully saturated rings. The van der Waals surface area contributed by atoms with E-state index in [4.69, 9.17) is 9.47 Å². The number of nitrogens with zero attached hydrogens (tertiary/aromatic N) is 1. The minimum Gasteiger partial charge on any atom is -0.460 e. The third-order valence-electron chi connectivity index (χ3n) is 6.13. The van der Waals surface area contributed by atoms with Crippen molar-refractivity contribution < 1.29 is 23.9 Å². The molecule has 0 aromatic heterocycles. The van der Waals surface area contributed by atoms with E-state index in [1.54, 1.807) is 4.90 Å². The first kappa shape index (κ1) is 31.6. The zero-order valence-corrected chi connectivity index (χ0v) is 23.5. The van der Waals surface area contributed by atoms with Gasteiger partial charge >= 0.3 is 5.97 Å². The third kappa shape index (κ3) is 16.0. The number of likely N-dealkylation sites (tertiary alicyclic amines) is 1. The van der Waals surface area contributed by atoms with Crippen LogP contribution in [0.4, 0.5) is 0 Å². The van der Waals surface area contributed by atoms with Crippen molar-refractivity contribution in [2.45, 2.75) is 155 Å². The number of amides is 2. The molecule has 0 aromatic carbocycles. The van der Waals surface area contributed by atoms with Gasteiger partial charge < -0.3 is 9.47 Å². The summed E-state index contributed by atoms with van der Waals surface area (Å²) in [5.41, 5.74) is -0.549. The number of hydrogen-bond donors (Lipinski definition) is 0. The van der Waals surface area contributed by atoms with Crippen molar-refractivity contribution in [1.82, 2.24) is 4.90 Å². The Morgan fingerprint density at radius 2 is 1.31 bits per heavy atom. The number of hydrogen-bond acceptors (Lipinski definition) is 5. The summed E-state index contributed by atoms with van der Waals surface area (Å²) in [5, 5.41) is 0. The fourth-order valence-electron chi connectivity index (χ4n) is 4.39. The van der Waals surface area contributed by atoms with E-state index in [2.05, 4.69) is 6.42 Å². The van der Waals surface area contributed by atoms with Crippen LogP contribution in [-0.2, 0) is 23.9 Å². The molecule has 1 radical (unpaired) electrons. The van der Waals surface area contributed by atoms with Gasteiger partial charge in [-0.25, -0.2) is 0 Å². The van der Waals surface area contributed by atoms with Crippen molar-refractivity contribution in [3.63, 3.8) is 0 Å². The number of carbonyl (C=O) groups excluding carboxylic acids is 3. The van der Waals surface area contributed by atoms with Crippen molar-refractivity contribution in [2.24, 2.45) is 0 Å². The Bertz CT molecular complexity index is 616. The van der Waals surface area contributed by atoms with Gasteiger partial charge in [-0.15, -0.1) is 0 Å². The van der Waals surface area contributed by atoms with Gasteiger partial charge in [0, 0.05) is 25.3 Å². The summed E-state index contributed by atoms with van der Waals surface area (Å²) in [4.78, 5) is 37.8. The second-order valence-electron chi connectivity index (χ2n) is 11.9. The lowest BCUT2D eigenvalue weighted by molar-refractivity contribution is -0.155. The highest BCUT2D eigenvalue weighted by atomic mass is 16.6. The Morgan fingerprint density at radius 3 is 1.83 bits per heavy atom. The molecule has 1 atom stereocenters. The number of imide groups is 1. The maximum absolute atomic E-state index is 12.3. The molecule has 1 rings (SSSR count). The van der Waals surface area contributed by atoms with E-state index in [0.29, 0.717) is 25.9 Å². The summed E-state index contributed by atoms with van der Waals surface area (Å²) in [7, 11) is 0. The highest BCUT2D eigenvalue weighted by Gasteiger charge is 2.34. The van der Waals surface area contributed by atoms with Crippen molar-refractivity contribution in [1.29, 1.82) is 0 Å². The van der Waals surface area contributed by atoms with E-state index < -0.39 is 5.60 Å². The molecule has 0 aromatic rings. The summed E-state index contributed by atoms with van der Waals surface area (Å²) in [5.74, 6) is -0.0977. The molecule has 0 spiro atoms. The highest BCUT2D eigenvalue weighted by molar-refractivity contribution is 6.02. The molecule has 35 heavy (non-hydrogen) atoms. The normalized spacial score (nSPS) is 15.7. The van der Waals surface area contributed by atoms with Gasteiger partial charge in [-0.1, -0.05) is 51.4 Å². The van der Waals surface area contributed by atoms with Crippen LogP contribution in [0.5, 0.6) is 0 Å². The van der Waals surface area contributed by atoms with Gasteiger partial charge in [-0.05, 0) is 73.6 Å². The molecule has 6 nitrogen and oxygen atoms in total. The van der Waals surface area contributed by atoms with Crippen LogP contribution in [0.15, 0.2) is 0 Å². The molecular weight excluding hydrogens is 442 g/mol. The average Bonchev–Trinajstić information content (AvgIpc) is 3.06. The van der Waals surface area contributed by atoms with Crippen LogP contribution in [0.2, 0.25) is 0 Å². The standard InChI is InChI=1S/C29H52NO5/c1-28(2,3)34-23-17-16-19-24(30-25(31)21-22-26(30)32)18-14-12-10-8-7-9-11-13-15-20-27(33)35-29(4,5)6/h17,24H,7-16,18-23H2,1-6H3/t24-/m1/s1. The minimum atomic E-state index is -0.393. The number of unbranched alkanes of at least 4 members (excludes halogenated alkanes) is 9. The molecular formula is C29H52NO5. The Labute approximate surface area is 214 Å². The van der Waals surface area contributed by atoms with Gasteiger partial charge in [0.25, 0.3) is 0 Å². The van der Waals surface area contributed by atoms with E-state index in [0.717, 1.165) is 44.9 Å². The van der Waals surface area contributed by atoms with Crippen molar-refractivity contribution in [3.05, 3.63) is 6.42 Å². The molecule has 1 aliphatic heterocycles. The first-order valence-electron chi connectivity index (χ1n) is 13.9. The van der Waals surface area contributed by atoms with Crippen LogP contribution in [0.25, 0.3) is 0 Å². The van der Waals surface area contributed by atoms with Gasteiger partial charge in [0.15, 0.2) is 0 Å². The molecule has 0 saturated carbocycles. The molecule has 1 saturated heterocycles. The summed E-state index contributed by atoms with van der Waals surface area (Å²) in [6, 6.07) is 0.0216. The van der Waals surface area contributed by atoms with E-state index in [-0.39, 0.29) is 29.4 Å². The summed E-state index contributed by atoms with van der Waals surface area (Å²) < 4.78 is 11.1. The molecule has 6 heteroatoms. The van der Waals surface area contributed by atoms with E-state index in [1.165, 1.54) is 32.1 Å². The highest BCUT2D eigenvalue weighted by Crippen LogP contribution is 2.24. The van der Waals surface area contributed by atoms with Crippen molar-refractivity contribution in [3.8, 4) is 0 Å². The predicted molar refractivity (Wildman–Crippen MR) is 141 cm³/mol. The molecule has 203 valence electrons. The molecule has 0 N–H and O–H groups in total. The zero-order valence-electron chi connectivity index (χ0n) is 23.5. The molecule has 1 heterocycles. The second-order valence-corrected chi connectivity index (χ2v) is 11.9. The topological polar surface area (TPSA) is 72.9 Å². The quantitative estimate of drug-likeness (QED) is 0.117. The Hall–Kier alpha value is -1.43. The maximum atomic E-state index is 12.3. The first-order chi connectivity index (χ1) is 16.4. The van der Waals surface area contributed by atoms with Gasteiger partial charge in [0.1, 0.15) is 5.60 Å². The molecule has 0 unspecified atom stereocenters. The van der Waals surface area contributed by atoms with E-state index in [1.807, 2.05) is 41.5 Å². The molecule has 0 aliphatic carbocycles. The van der Waals surface area contributed by atoms with Crippen LogP contribution in [0.3, 0.4) is 0 Å². The zero-order chi connectivity index (χ0) is 26.3. The van der Waals surface area contributed by atoms with E-state index >= 15 is 0 Å². The smallest absolute Gasteiger partial charge is 0.306 e. The Morgan fingerprint density at radius 1 is 0.800 bits per heavy atom. The Kier molecular flexibility index (Phi) is 14.8. The fraction of sp³-hybridized carbons (Fsp3) is 0.862. The van der Waals surface area contributed by atoms with Crippen LogP contribution in [0, 0.1) is 6.42 Å². The van der Waals surface area contributed by atoms with Gasteiger partial charge in [-0.3, -0.25) is 19.3 Å². The monoisotopic (exact) mass is 494 g/mol. The van der Waals surface area contributed by atoms with Gasteiger partial charge in [0.05, 0.1) is 12.2 Å². The van der Waals surface area contributed by atoms with Gasteiger partial charge in [-0.2, -0.15) is 0 Å². The summed E-state index contributed by atoms with van der Waals surface area (Å²) >= 11 is 0. The lowest BCUT2D eigenvalue weighted by Gasteiger charge is -2.26. The second kappa shape index (κ2) is 16.3. The largest absolute Gasteiger partial charge is 0.460 e. The fourth-order valence-corrected chi connectivity index (χ4v) is 4.39. The van der Waals surface area contributed by atoms with Crippen LogP contribution < -0.4 is 0 Å². The number of esters is 1. The van der Waals surface area contributed by atoms with Crippen LogP contribution in [0.1, 0.15) is 138 Å². The average molecular weight is 495 g/mol. The molecule has 2 amide bonds. The first-order valence-corrected chi connectivity index (χ1v) is 13.9. The third-order valence-corrected chi connectivity index (χ3v) is 6.13. The number of ether oxygens (including phenoxy) is 2. The Balaban J connectivity index is 2.15. The van der Waals surface area contributed by atoms with Crippen molar-refractivity contribution in [2.75, 3.05) is 6.61 Å². The molecule has 1 aliphatic rings. The van der Waals surface area contributed by atoms with Crippen LogP contribution in [-0.4, -0.2) is 46.5 Å². The van der Waals surface area contributed by atoms with Crippen LogP contribution >= 0.6 is 0 Å². The number of rotatable bonds is 18. The SMILES string of the molecule is CC(C)(C)OC[CH]CC[C@@H](CCCCCCCCCCCC(=O)OC(C)(C)C)N1C(=O)CCC1=O. The number of carbonyl (C=O) groups is 3. The molecule has 0 bridgehead atoms. The predicted octanol–water partition coefficient (Wildman–Crippen LogP) is 6.94. The lowest BCUT2D eigenvalue weighted by atomic mass is 9.99. The minimum absolute atomic E-state index is 0.00221. The van der Waals surface area contributed by atoms with Gasteiger partial charge in [0.2, 0.25) is 11.8 Å². The summed E-state index contributed by atoms with van der Waals surface area (Å²) in [6.07, 6.45) is 16.1. The lowest BCUT2D eigenvalue weighted by Crippen LogP contribution is -2.39. The van der Waals surface area contributed by atoms with Crippen molar-refractivity contribution >= 4 is 17.8 Å². The maximum Gasteiger partial charge on any atom is 0.306 e. The summed E-state index contributed by atoms with van der Waals surface area (Å²) in [6.45, 7) is 12.4. The van der Waals surface area contributed by atoms with E-state index in [9.17, 15) is 14.4 Å².